The van der Waals surface area contributed by atoms with Gasteiger partial charge in [-0.2, -0.15) is 0 Å². The molecular formula is C13H16N6S. The molecule has 0 amide bonds. The smallest absolute Gasteiger partial charge is 0.128 e. The standard InChI is InChI=1S/C13H16N6S/c1-3-11(20-10-1)12(13-15-5-6-16-13)14-4-2-8-19-9-7-17-18-19/h1,3,5-7,9-10,12,14H,2,4,8H2,(H,15,16)/t12-/m0/s1. The summed E-state index contributed by atoms with van der Waals surface area (Å²) in [6, 6.07) is 4.32. The summed E-state index contributed by atoms with van der Waals surface area (Å²) in [6.07, 6.45) is 8.21. The molecule has 104 valence electrons. The van der Waals surface area contributed by atoms with Crippen LogP contribution in [0.5, 0.6) is 0 Å². The predicted molar refractivity (Wildman–Crippen MR) is 77.4 cm³/mol. The Morgan fingerprint density at radius 1 is 1.40 bits per heavy atom. The summed E-state index contributed by atoms with van der Waals surface area (Å²) >= 11 is 1.74. The zero-order valence-corrected chi connectivity index (χ0v) is 11.8. The van der Waals surface area contributed by atoms with Crippen molar-refractivity contribution in [2.45, 2.75) is 19.0 Å². The van der Waals surface area contributed by atoms with Gasteiger partial charge >= 0.3 is 0 Å². The molecule has 1 atom stereocenters. The number of hydrogen-bond donors (Lipinski definition) is 2. The molecule has 0 aliphatic carbocycles. The van der Waals surface area contributed by atoms with Crippen LogP contribution in [0.25, 0.3) is 0 Å². The van der Waals surface area contributed by atoms with Crippen LogP contribution in [0.15, 0.2) is 42.3 Å². The molecule has 20 heavy (non-hydrogen) atoms. The van der Waals surface area contributed by atoms with Crippen molar-refractivity contribution in [2.75, 3.05) is 6.54 Å². The lowest BCUT2D eigenvalue weighted by Gasteiger charge is -2.15. The van der Waals surface area contributed by atoms with Crippen molar-refractivity contribution in [1.29, 1.82) is 0 Å². The number of H-pyrrole nitrogens is 1. The minimum atomic E-state index is 0.126. The Kier molecular flexibility index (Phi) is 4.19. The van der Waals surface area contributed by atoms with Crippen LogP contribution >= 0.6 is 11.3 Å². The van der Waals surface area contributed by atoms with Crippen LogP contribution in [0.2, 0.25) is 0 Å². The predicted octanol–water partition coefficient (Wildman–Crippen LogP) is 1.83. The summed E-state index contributed by atoms with van der Waals surface area (Å²) in [6.45, 7) is 1.76. The van der Waals surface area contributed by atoms with Crippen molar-refractivity contribution in [1.82, 2.24) is 30.3 Å². The largest absolute Gasteiger partial charge is 0.347 e. The van der Waals surface area contributed by atoms with Gasteiger partial charge in [0.15, 0.2) is 0 Å². The van der Waals surface area contributed by atoms with E-state index in [1.54, 1.807) is 23.7 Å². The Labute approximate surface area is 120 Å². The van der Waals surface area contributed by atoms with Gasteiger partial charge in [0.05, 0.1) is 6.20 Å². The van der Waals surface area contributed by atoms with E-state index in [1.807, 2.05) is 17.1 Å². The molecule has 0 spiro atoms. The SMILES string of the molecule is c1csc([C@H](NCCCn2ccnn2)c2ncc[nH]2)c1. The first kappa shape index (κ1) is 13.0. The maximum absolute atomic E-state index is 4.36. The maximum Gasteiger partial charge on any atom is 0.128 e. The van der Waals surface area contributed by atoms with Gasteiger partial charge in [0.1, 0.15) is 11.9 Å². The first-order valence-electron chi connectivity index (χ1n) is 6.53. The molecule has 3 rings (SSSR count). The number of thiophene rings is 1. The van der Waals surface area contributed by atoms with Gasteiger partial charge < -0.3 is 10.3 Å². The Morgan fingerprint density at radius 2 is 2.40 bits per heavy atom. The summed E-state index contributed by atoms with van der Waals surface area (Å²) in [5.74, 6) is 0.952. The number of nitrogens with zero attached hydrogens (tertiary/aromatic N) is 4. The molecule has 0 aromatic carbocycles. The molecule has 0 aliphatic heterocycles. The molecule has 6 nitrogen and oxygen atoms in total. The van der Waals surface area contributed by atoms with E-state index in [-0.39, 0.29) is 6.04 Å². The van der Waals surface area contributed by atoms with Crippen molar-refractivity contribution >= 4 is 11.3 Å². The van der Waals surface area contributed by atoms with Gasteiger partial charge in [0.2, 0.25) is 0 Å². The number of aromatic amines is 1. The quantitative estimate of drug-likeness (QED) is 0.651. The molecule has 0 fully saturated rings. The third-order valence-electron chi connectivity index (χ3n) is 3.00. The molecular weight excluding hydrogens is 272 g/mol. The van der Waals surface area contributed by atoms with Crippen LogP contribution in [0.4, 0.5) is 0 Å². The van der Waals surface area contributed by atoms with E-state index in [9.17, 15) is 0 Å². The van der Waals surface area contributed by atoms with E-state index in [0.29, 0.717) is 0 Å². The molecule has 7 heteroatoms. The van der Waals surface area contributed by atoms with Gasteiger partial charge in [-0.15, -0.1) is 16.4 Å². The summed E-state index contributed by atoms with van der Waals surface area (Å²) < 4.78 is 1.84. The van der Waals surface area contributed by atoms with Crippen LogP contribution in [-0.2, 0) is 6.54 Å². The van der Waals surface area contributed by atoms with E-state index in [2.05, 4.69) is 43.1 Å². The van der Waals surface area contributed by atoms with Gasteiger partial charge in [-0.1, -0.05) is 11.3 Å². The van der Waals surface area contributed by atoms with Crippen molar-refractivity contribution in [3.8, 4) is 0 Å². The minimum Gasteiger partial charge on any atom is -0.347 e. The zero-order chi connectivity index (χ0) is 13.6. The Hall–Kier alpha value is -1.99. The Morgan fingerprint density at radius 3 is 3.10 bits per heavy atom. The fourth-order valence-electron chi connectivity index (χ4n) is 2.06. The lowest BCUT2D eigenvalue weighted by Crippen LogP contribution is -2.24. The molecule has 3 aromatic rings. The monoisotopic (exact) mass is 288 g/mol. The number of aromatic nitrogens is 5. The molecule has 0 unspecified atom stereocenters. The van der Waals surface area contributed by atoms with Crippen LogP contribution in [0, 0.1) is 0 Å². The lowest BCUT2D eigenvalue weighted by molar-refractivity contribution is 0.505. The maximum atomic E-state index is 4.36. The number of nitrogens with one attached hydrogen (secondary N) is 2. The number of hydrogen-bond acceptors (Lipinski definition) is 5. The van der Waals surface area contributed by atoms with Crippen LogP contribution in [0.3, 0.4) is 0 Å². The van der Waals surface area contributed by atoms with Crippen molar-refractivity contribution in [3.63, 3.8) is 0 Å². The van der Waals surface area contributed by atoms with E-state index >= 15 is 0 Å². The van der Waals surface area contributed by atoms with Gasteiger partial charge in [0, 0.05) is 30.0 Å². The van der Waals surface area contributed by atoms with Crippen molar-refractivity contribution in [3.05, 3.63) is 53.0 Å². The highest BCUT2D eigenvalue weighted by molar-refractivity contribution is 7.10. The molecule has 0 radical (unpaired) electrons. The average Bonchev–Trinajstić information content (AvgIpc) is 3.22. The second-order valence-corrected chi connectivity index (χ2v) is 5.38. The summed E-state index contributed by atoms with van der Waals surface area (Å²) in [7, 11) is 0. The van der Waals surface area contributed by atoms with E-state index < -0.39 is 0 Å². The highest BCUT2D eigenvalue weighted by Crippen LogP contribution is 2.23. The van der Waals surface area contributed by atoms with Crippen molar-refractivity contribution < 1.29 is 0 Å². The highest BCUT2D eigenvalue weighted by Gasteiger charge is 2.16. The second-order valence-electron chi connectivity index (χ2n) is 4.40. The Bertz CT molecular complexity index is 553. The van der Waals surface area contributed by atoms with Gasteiger partial charge in [-0.3, -0.25) is 4.68 Å². The Balaban J connectivity index is 1.57. The lowest BCUT2D eigenvalue weighted by atomic mass is 10.2. The zero-order valence-electron chi connectivity index (χ0n) is 10.9. The minimum absolute atomic E-state index is 0.126. The molecule has 0 bridgehead atoms. The molecule has 2 N–H and O–H groups in total. The van der Waals surface area contributed by atoms with E-state index in [0.717, 1.165) is 25.3 Å². The first-order valence-corrected chi connectivity index (χ1v) is 7.41. The van der Waals surface area contributed by atoms with Crippen LogP contribution in [0.1, 0.15) is 23.2 Å². The third-order valence-corrected chi connectivity index (χ3v) is 3.94. The summed E-state index contributed by atoms with van der Waals surface area (Å²) in [5.41, 5.74) is 0. The van der Waals surface area contributed by atoms with Crippen LogP contribution < -0.4 is 5.32 Å². The van der Waals surface area contributed by atoms with Crippen molar-refractivity contribution in [2.24, 2.45) is 0 Å². The molecule has 3 heterocycles. The highest BCUT2D eigenvalue weighted by atomic mass is 32.1. The van der Waals surface area contributed by atoms with E-state index in [1.165, 1.54) is 4.88 Å². The molecule has 0 saturated carbocycles. The number of rotatable bonds is 7. The fourth-order valence-corrected chi connectivity index (χ4v) is 2.86. The number of imidazole rings is 1. The van der Waals surface area contributed by atoms with Gasteiger partial charge in [-0.05, 0) is 24.4 Å². The third kappa shape index (κ3) is 3.12. The normalized spacial score (nSPS) is 12.6. The molecule has 0 aliphatic rings. The molecule has 3 aromatic heterocycles. The summed E-state index contributed by atoms with van der Waals surface area (Å²) in [4.78, 5) is 8.81. The van der Waals surface area contributed by atoms with E-state index in [4.69, 9.17) is 0 Å². The average molecular weight is 288 g/mol. The fraction of sp³-hybridized carbons (Fsp3) is 0.308. The first-order chi connectivity index (χ1) is 9.93. The number of aryl methyl sites for hydroxylation is 1. The van der Waals surface area contributed by atoms with Crippen LogP contribution in [-0.4, -0.2) is 31.5 Å². The molecule has 0 saturated heterocycles. The summed E-state index contributed by atoms with van der Waals surface area (Å²) in [5, 5.41) is 13.4. The topological polar surface area (TPSA) is 71.4 Å². The van der Waals surface area contributed by atoms with Gasteiger partial charge in [0.25, 0.3) is 0 Å². The second kappa shape index (κ2) is 6.44. The van der Waals surface area contributed by atoms with Gasteiger partial charge in [-0.25, -0.2) is 4.98 Å².